The maximum atomic E-state index is 6.02. The van der Waals surface area contributed by atoms with Gasteiger partial charge in [-0.3, -0.25) is 0 Å². The largest absolute Gasteiger partial charge is 0.497 e. The first-order chi connectivity index (χ1) is 14.6. The number of methoxy groups -OCH3 is 2. The monoisotopic (exact) mass is 469 g/mol. The van der Waals surface area contributed by atoms with E-state index in [1.165, 1.54) is 11.1 Å². The molecule has 0 aliphatic carbocycles. The molecule has 0 aromatic heterocycles. The number of hydrogen-bond acceptors (Lipinski definition) is 4. The second-order valence-corrected chi connectivity index (χ2v) is 8.00. The van der Waals surface area contributed by atoms with E-state index >= 15 is 0 Å². The smallest absolute Gasteiger partial charge is 0.162 e. The molecule has 3 aromatic carbocycles. The van der Waals surface area contributed by atoms with Crippen molar-refractivity contribution in [3.63, 3.8) is 0 Å². The lowest BCUT2D eigenvalue weighted by Gasteiger charge is -2.15. The Morgan fingerprint density at radius 1 is 0.867 bits per heavy atom. The van der Waals surface area contributed by atoms with Crippen LogP contribution in [0, 0.1) is 6.92 Å². The molecule has 0 aliphatic rings. The van der Waals surface area contributed by atoms with Crippen molar-refractivity contribution in [2.75, 3.05) is 20.8 Å². The number of aryl methyl sites for hydroxylation is 1. The average Bonchev–Trinajstić information content (AvgIpc) is 2.76. The molecule has 0 bridgehead atoms. The average molecular weight is 470 g/mol. The zero-order chi connectivity index (χ0) is 21.3. The zero-order valence-electron chi connectivity index (χ0n) is 17.7. The maximum Gasteiger partial charge on any atom is 0.162 e. The van der Waals surface area contributed by atoms with Gasteiger partial charge in [0.05, 0.1) is 14.2 Å². The number of benzene rings is 3. The van der Waals surface area contributed by atoms with Gasteiger partial charge in [-0.25, -0.2) is 0 Å². The van der Waals surface area contributed by atoms with E-state index in [0.29, 0.717) is 6.61 Å². The normalized spacial score (nSPS) is 10.7. The van der Waals surface area contributed by atoms with E-state index in [9.17, 15) is 0 Å². The van der Waals surface area contributed by atoms with Crippen LogP contribution in [0.5, 0.6) is 17.2 Å². The number of rotatable bonds is 10. The zero-order valence-corrected chi connectivity index (χ0v) is 19.3. The maximum absolute atomic E-state index is 6.02. The molecule has 0 radical (unpaired) electrons. The molecule has 0 spiro atoms. The van der Waals surface area contributed by atoms with Crippen molar-refractivity contribution in [1.29, 1.82) is 0 Å². The molecule has 0 heterocycles. The Kier molecular flexibility index (Phi) is 8.17. The van der Waals surface area contributed by atoms with Gasteiger partial charge in [0, 0.05) is 11.0 Å². The topological polar surface area (TPSA) is 39.7 Å². The summed E-state index contributed by atoms with van der Waals surface area (Å²) in [5.41, 5.74) is 4.77. The van der Waals surface area contributed by atoms with Crippen LogP contribution in [0.3, 0.4) is 0 Å². The first-order valence-electron chi connectivity index (χ1n) is 9.97. The van der Waals surface area contributed by atoms with Crippen molar-refractivity contribution in [3.05, 3.63) is 87.4 Å². The van der Waals surface area contributed by atoms with Gasteiger partial charge in [0.15, 0.2) is 11.5 Å². The lowest BCUT2D eigenvalue weighted by atomic mass is 10.1. The molecule has 3 aromatic rings. The van der Waals surface area contributed by atoms with Crippen molar-refractivity contribution in [2.24, 2.45) is 0 Å². The van der Waals surface area contributed by atoms with Gasteiger partial charge in [-0.2, -0.15) is 0 Å². The summed E-state index contributed by atoms with van der Waals surface area (Å²) in [7, 11) is 3.35. The van der Waals surface area contributed by atoms with Crippen LogP contribution >= 0.6 is 15.9 Å². The Morgan fingerprint density at radius 2 is 1.67 bits per heavy atom. The Bertz CT molecular complexity index is 957. The molecule has 0 saturated heterocycles. The minimum absolute atomic E-state index is 0.504. The number of ether oxygens (including phenoxy) is 3. The lowest BCUT2D eigenvalue weighted by Crippen LogP contribution is -2.17. The molecule has 0 fully saturated rings. The summed E-state index contributed by atoms with van der Waals surface area (Å²) in [6.07, 6.45) is 0.955. The van der Waals surface area contributed by atoms with Crippen LogP contribution < -0.4 is 19.5 Å². The van der Waals surface area contributed by atoms with Gasteiger partial charge in [0.2, 0.25) is 0 Å². The van der Waals surface area contributed by atoms with Crippen molar-refractivity contribution in [3.8, 4) is 17.2 Å². The Labute approximate surface area is 187 Å². The predicted octanol–water partition coefficient (Wildman–Crippen LogP) is 5.69. The Hall–Kier alpha value is -2.50. The van der Waals surface area contributed by atoms with Crippen molar-refractivity contribution in [1.82, 2.24) is 5.32 Å². The minimum Gasteiger partial charge on any atom is -0.497 e. The van der Waals surface area contributed by atoms with Crippen LogP contribution in [0.15, 0.2) is 65.1 Å². The van der Waals surface area contributed by atoms with Gasteiger partial charge in [-0.15, -0.1) is 0 Å². The summed E-state index contributed by atoms with van der Waals surface area (Å²) in [5.74, 6) is 2.35. The minimum atomic E-state index is 0.504. The molecular weight excluding hydrogens is 442 g/mol. The van der Waals surface area contributed by atoms with E-state index < -0.39 is 0 Å². The first kappa shape index (κ1) is 22.2. The number of nitrogens with one attached hydrogen (secondary N) is 1. The summed E-state index contributed by atoms with van der Waals surface area (Å²) in [4.78, 5) is 0. The summed E-state index contributed by atoms with van der Waals surface area (Å²) in [6, 6.07) is 20.5. The lowest BCUT2D eigenvalue weighted by molar-refractivity contribution is 0.284. The molecule has 3 rings (SSSR count). The van der Waals surface area contributed by atoms with Gasteiger partial charge in [0.25, 0.3) is 0 Å². The first-order valence-corrected chi connectivity index (χ1v) is 10.8. The highest BCUT2D eigenvalue weighted by Crippen LogP contribution is 2.34. The van der Waals surface area contributed by atoms with Crippen LogP contribution in [-0.4, -0.2) is 20.8 Å². The van der Waals surface area contributed by atoms with E-state index in [0.717, 1.165) is 52.4 Å². The SMILES string of the molecule is COc1ccc(CCNCc2cc(OC)c(OCc3cccc(C)c3)cc2Br)cc1. The molecule has 0 amide bonds. The van der Waals surface area contributed by atoms with Crippen molar-refractivity contribution >= 4 is 15.9 Å². The number of hydrogen-bond donors (Lipinski definition) is 1. The molecule has 0 unspecified atom stereocenters. The van der Waals surface area contributed by atoms with Crippen LogP contribution in [0.25, 0.3) is 0 Å². The van der Waals surface area contributed by atoms with E-state index in [-0.39, 0.29) is 0 Å². The second-order valence-electron chi connectivity index (χ2n) is 7.15. The van der Waals surface area contributed by atoms with Gasteiger partial charge >= 0.3 is 0 Å². The molecule has 0 aliphatic heterocycles. The van der Waals surface area contributed by atoms with E-state index in [2.05, 4.69) is 58.5 Å². The van der Waals surface area contributed by atoms with Crippen LogP contribution in [0.2, 0.25) is 0 Å². The molecule has 0 saturated carbocycles. The summed E-state index contributed by atoms with van der Waals surface area (Å²) in [6.45, 7) is 4.21. The standard InChI is InChI=1S/C25H28BrNO3/c1-18-5-4-6-20(13-18)17-30-25-15-23(26)21(14-24(25)29-3)16-27-12-11-19-7-9-22(28-2)10-8-19/h4-10,13-15,27H,11-12,16-17H2,1-3H3. The summed E-state index contributed by atoms with van der Waals surface area (Å²) in [5, 5.41) is 3.50. The fourth-order valence-corrected chi connectivity index (χ4v) is 3.66. The Balaban J connectivity index is 1.56. The van der Waals surface area contributed by atoms with Gasteiger partial charge in [0.1, 0.15) is 12.4 Å². The van der Waals surface area contributed by atoms with Crippen molar-refractivity contribution in [2.45, 2.75) is 26.5 Å². The number of halogens is 1. The molecule has 5 heteroatoms. The fourth-order valence-electron chi connectivity index (χ4n) is 3.20. The third kappa shape index (κ3) is 6.25. The second kappa shape index (κ2) is 11.0. The highest BCUT2D eigenvalue weighted by Gasteiger charge is 2.11. The predicted molar refractivity (Wildman–Crippen MR) is 125 cm³/mol. The molecule has 158 valence electrons. The molecule has 4 nitrogen and oxygen atoms in total. The quantitative estimate of drug-likeness (QED) is 0.387. The molecule has 1 N–H and O–H groups in total. The third-order valence-electron chi connectivity index (χ3n) is 4.87. The Morgan fingerprint density at radius 3 is 2.37 bits per heavy atom. The third-order valence-corrected chi connectivity index (χ3v) is 5.61. The van der Waals surface area contributed by atoms with Crippen LogP contribution in [0.4, 0.5) is 0 Å². The van der Waals surface area contributed by atoms with Crippen LogP contribution in [-0.2, 0) is 19.6 Å². The van der Waals surface area contributed by atoms with E-state index in [4.69, 9.17) is 14.2 Å². The van der Waals surface area contributed by atoms with E-state index in [1.54, 1.807) is 14.2 Å². The van der Waals surface area contributed by atoms with Gasteiger partial charge in [-0.1, -0.05) is 57.9 Å². The van der Waals surface area contributed by atoms with Gasteiger partial charge in [-0.05, 0) is 60.8 Å². The van der Waals surface area contributed by atoms with Crippen molar-refractivity contribution < 1.29 is 14.2 Å². The molecule has 30 heavy (non-hydrogen) atoms. The van der Waals surface area contributed by atoms with Crippen LogP contribution in [0.1, 0.15) is 22.3 Å². The highest BCUT2D eigenvalue weighted by molar-refractivity contribution is 9.10. The molecular formula is C25H28BrNO3. The summed E-state index contributed by atoms with van der Waals surface area (Å²) < 4.78 is 17.8. The highest BCUT2D eigenvalue weighted by atomic mass is 79.9. The fraction of sp³-hybridized carbons (Fsp3) is 0.280. The molecule has 0 atom stereocenters. The van der Waals surface area contributed by atoms with E-state index in [1.807, 2.05) is 30.3 Å². The van der Waals surface area contributed by atoms with Gasteiger partial charge < -0.3 is 19.5 Å². The summed E-state index contributed by atoms with van der Waals surface area (Å²) >= 11 is 3.67.